The Morgan fingerprint density at radius 2 is 0.637 bits per heavy atom. The molecule has 0 N–H and O–H groups in total. The molecule has 0 radical (unpaired) electrons. The first-order chi connectivity index (χ1) is 38.8. The van der Waals surface area contributed by atoms with Crippen molar-refractivity contribution in [1.29, 1.82) is 0 Å². The van der Waals surface area contributed by atoms with Crippen LogP contribution in [0.5, 0.6) is 0 Å². The van der Waals surface area contributed by atoms with Crippen molar-refractivity contribution in [3.63, 3.8) is 0 Å². The molecule has 408 valence electrons. The number of benzene rings is 2. The highest BCUT2D eigenvalue weighted by atomic mass is 31.1. The number of aromatic nitrogens is 8. The fourth-order valence-electron chi connectivity index (χ4n) is 9.04. The number of aryl methyl sites for hydroxylation is 1. The van der Waals surface area contributed by atoms with Crippen LogP contribution in [0, 0.1) is 0 Å². The zero-order valence-electron chi connectivity index (χ0n) is 48.1. The molecule has 0 saturated carbocycles. The minimum atomic E-state index is -0.491. The SMILES string of the molecule is CC(C)(C)P(Cc1cccc(-c2ccccn2)n1)C(C)(C)C.CCN(CC)Cc1cccc(-c2ccccn2)n1.CCc1cccc(-c2ccccn2)n1.c1ccc(P(Cc2cccc(-c3ccccn3)n2)c2ccccc2)cc1. The normalized spacial score (nSPS) is 11.2. The van der Waals surface area contributed by atoms with Gasteiger partial charge in [-0.3, -0.25) is 39.8 Å². The van der Waals surface area contributed by atoms with Crippen molar-refractivity contribution in [2.75, 3.05) is 13.1 Å². The summed E-state index contributed by atoms with van der Waals surface area (Å²) in [6, 6.07) is 69.8. The minimum absolute atomic E-state index is 0.183. The third kappa shape index (κ3) is 18.8. The summed E-state index contributed by atoms with van der Waals surface area (Å²) in [6.07, 6.45) is 10.2. The summed E-state index contributed by atoms with van der Waals surface area (Å²) in [5, 5.41) is 3.38. The molecule has 11 heteroatoms. The lowest BCUT2D eigenvalue weighted by molar-refractivity contribution is 0.292. The van der Waals surface area contributed by atoms with Gasteiger partial charge in [-0.25, -0.2) is 4.98 Å². The third-order valence-corrected chi connectivity index (χ3v) is 19.3. The highest BCUT2D eigenvalue weighted by molar-refractivity contribution is 7.72. The molecule has 0 aliphatic rings. The topological polar surface area (TPSA) is 106 Å². The maximum atomic E-state index is 4.89. The van der Waals surface area contributed by atoms with Gasteiger partial charge in [-0.2, -0.15) is 0 Å². The smallest absolute Gasteiger partial charge is 0.0890 e. The van der Waals surface area contributed by atoms with E-state index < -0.39 is 7.92 Å². The number of rotatable bonds is 15. The van der Waals surface area contributed by atoms with Crippen molar-refractivity contribution in [2.45, 2.75) is 97.9 Å². The lowest BCUT2D eigenvalue weighted by Gasteiger charge is -2.41. The minimum Gasteiger partial charge on any atom is -0.298 e. The summed E-state index contributed by atoms with van der Waals surface area (Å²) in [5.41, 5.74) is 12.0. The summed E-state index contributed by atoms with van der Waals surface area (Å²) < 4.78 is 0. The standard InChI is InChI=1S/C23H19N2P.C19H27N2P.C15H19N3.C12H12N2/c1-3-11-20(12-4-1)26(21-13-5-2-6-14-21)18-19-10-9-16-23(25-19)22-15-7-8-17-24-22;1-18(2,3)22(19(4,5)6)14-15-10-9-12-17(21-15)16-11-7-8-13-20-16;1-3-18(4-2)12-13-8-7-10-15(17-13)14-9-5-6-11-16-14;1-2-10-6-5-8-12(14-10)11-7-3-4-9-13-11/h1-17H,18H2;7-13H,14H2,1-6H3;5-11H,3-4,12H2,1-2H3;3-9H,2H2,1H3. The van der Waals surface area contributed by atoms with Crippen LogP contribution in [0.3, 0.4) is 0 Å². The van der Waals surface area contributed by atoms with Gasteiger partial charge in [0, 0.05) is 60.7 Å². The van der Waals surface area contributed by atoms with Gasteiger partial charge in [0.05, 0.1) is 51.2 Å². The Bertz CT molecular complexity index is 3290. The maximum absolute atomic E-state index is 4.89. The summed E-state index contributed by atoms with van der Waals surface area (Å²) in [7, 11) is -0.675. The molecule has 2 aromatic carbocycles. The Labute approximate surface area is 479 Å². The number of nitrogens with zero attached hydrogens (tertiary/aromatic N) is 9. The van der Waals surface area contributed by atoms with E-state index in [1.807, 2.05) is 122 Å². The van der Waals surface area contributed by atoms with Crippen LogP contribution in [-0.4, -0.2) is 68.2 Å². The van der Waals surface area contributed by atoms with Gasteiger partial charge in [0.1, 0.15) is 0 Å². The van der Waals surface area contributed by atoms with Crippen LogP contribution >= 0.6 is 15.8 Å². The maximum Gasteiger partial charge on any atom is 0.0890 e. The van der Waals surface area contributed by atoms with E-state index in [0.29, 0.717) is 10.3 Å². The molecule has 8 aromatic heterocycles. The summed E-state index contributed by atoms with van der Waals surface area (Å²) in [6.45, 7) is 23.6. The van der Waals surface area contributed by atoms with E-state index in [1.165, 1.54) is 16.3 Å². The Kier molecular flexibility index (Phi) is 23.1. The second kappa shape index (κ2) is 30.7. The number of pyridine rings is 8. The molecule has 10 aromatic rings. The fraction of sp³-hybridized carbons (Fsp3) is 0.246. The molecule has 0 amide bonds. The van der Waals surface area contributed by atoms with E-state index in [4.69, 9.17) is 9.97 Å². The van der Waals surface area contributed by atoms with E-state index >= 15 is 0 Å². The Morgan fingerprint density at radius 3 is 0.975 bits per heavy atom. The van der Waals surface area contributed by atoms with Gasteiger partial charge < -0.3 is 0 Å². The predicted molar refractivity (Wildman–Crippen MR) is 339 cm³/mol. The highest BCUT2D eigenvalue weighted by Crippen LogP contribution is 2.61. The zero-order valence-corrected chi connectivity index (χ0v) is 49.9. The molecule has 0 unspecified atom stereocenters. The van der Waals surface area contributed by atoms with E-state index in [-0.39, 0.29) is 7.92 Å². The molecule has 0 fully saturated rings. The average Bonchev–Trinajstić information content (AvgIpc) is 3.51. The van der Waals surface area contributed by atoms with E-state index in [0.717, 1.165) is 101 Å². The first-order valence-corrected chi connectivity index (χ1v) is 30.7. The van der Waals surface area contributed by atoms with Crippen molar-refractivity contribution in [3.05, 3.63) is 254 Å². The summed E-state index contributed by atoms with van der Waals surface area (Å²) in [4.78, 5) is 38.7. The Hall–Kier alpha value is -7.54. The van der Waals surface area contributed by atoms with Crippen LogP contribution in [0.2, 0.25) is 0 Å². The van der Waals surface area contributed by atoms with Crippen LogP contribution in [0.4, 0.5) is 0 Å². The third-order valence-electron chi connectivity index (χ3n) is 13.0. The van der Waals surface area contributed by atoms with Crippen LogP contribution in [-0.2, 0) is 25.3 Å². The van der Waals surface area contributed by atoms with E-state index in [1.54, 1.807) is 12.4 Å². The van der Waals surface area contributed by atoms with Crippen LogP contribution in [0.25, 0.3) is 45.6 Å². The first kappa shape index (κ1) is 60.1. The van der Waals surface area contributed by atoms with Crippen molar-refractivity contribution >= 4 is 26.5 Å². The van der Waals surface area contributed by atoms with E-state index in [9.17, 15) is 0 Å². The molecule has 0 spiro atoms. The lowest BCUT2D eigenvalue weighted by atomic mass is 10.2. The van der Waals surface area contributed by atoms with Crippen molar-refractivity contribution in [2.24, 2.45) is 0 Å². The molecular weight excluding hydrogens is 1020 g/mol. The molecular formula is C69H77N9P2. The molecule has 0 aliphatic carbocycles. The monoisotopic (exact) mass is 1090 g/mol. The van der Waals surface area contributed by atoms with Crippen molar-refractivity contribution in [3.8, 4) is 45.6 Å². The number of hydrogen-bond acceptors (Lipinski definition) is 9. The average molecular weight is 1090 g/mol. The van der Waals surface area contributed by atoms with Gasteiger partial charge in [0.15, 0.2) is 0 Å². The molecule has 8 heterocycles. The number of hydrogen-bond donors (Lipinski definition) is 0. The van der Waals surface area contributed by atoms with Crippen LogP contribution < -0.4 is 10.6 Å². The molecule has 80 heavy (non-hydrogen) atoms. The zero-order chi connectivity index (χ0) is 56.6. The van der Waals surface area contributed by atoms with Crippen molar-refractivity contribution < 1.29 is 0 Å². The summed E-state index contributed by atoms with van der Waals surface area (Å²) >= 11 is 0. The molecule has 10 rings (SSSR count). The highest BCUT2D eigenvalue weighted by Gasteiger charge is 2.34. The van der Waals surface area contributed by atoms with Crippen LogP contribution in [0.1, 0.15) is 85.1 Å². The Morgan fingerprint density at radius 1 is 0.325 bits per heavy atom. The first-order valence-electron chi connectivity index (χ1n) is 27.7. The van der Waals surface area contributed by atoms with Crippen LogP contribution in [0.15, 0.2) is 231 Å². The van der Waals surface area contributed by atoms with Gasteiger partial charge in [-0.05, 0) is 145 Å². The molecule has 0 aliphatic heterocycles. The largest absolute Gasteiger partial charge is 0.298 e. The molecule has 0 saturated heterocycles. The van der Waals surface area contributed by atoms with Gasteiger partial charge in [0.25, 0.3) is 0 Å². The Balaban J connectivity index is 0.000000158. The van der Waals surface area contributed by atoms with Gasteiger partial charge in [-0.1, -0.05) is 179 Å². The summed E-state index contributed by atoms with van der Waals surface area (Å²) in [5.74, 6) is 0. The fourth-order valence-corrected chi connectivity index (χ4v) is 14.7. The van der Waals surface area contributed by atoms with Gasteiger partial charge in [-0.15, -0.1) is 0 Å². The molecule has 9 nitrogen and oxygen atoms in total. The quantitative estimate of drug-likeness (QED) is 0.0928. The molecule has 0 bridgehead atoms. The predicted octanol–water partition coefficient (Wildman–Crippen LogP) is 16.2. The second-order valence-electron chi connectivity index (χ2n) is 20.9. The second-order valence-corrected chi connectivity index (χ2v) is 27.0. The molecule has 0 atom stereocenters. The van der Waals surface area contributed by atoms with Gasteiger partial charge >= 0.3 is 0 Å². The van der Waals surface area contributed by atoms with Gasteiger partial charge in [0.2, 0.25) is 0 Å². The van der Waals surface area contributed by atoms with E-state index in [2.05, 4.69) is 194 Å². The van der Waals surface area contributed by atoms with Crippen molar-refractivity contribution in [1.82, 2.24) is 44.8 Å². The lowest BCUT2D eigenvalue weighted by Crippen LogP contribution is -2.26.